The van der Waals surface area contributed by atoms with Crippen LogP contribution in [0.1, 0.15) is 47.7 Å². The van der Waals surface area contributed by atoms with Crippen molar-refractivity contribution in [3.05, 3.63) is 34.9 Å². The van der Waals surface area contributed by atoms with E-state index >= 15 is 0 Å². The standard InChI is InChI=1S/C14H19NO/c1-3-11-9-10(2)7-8-13(11)14(16)15-12-5-4-6-12/h7-9,12H,3-6H2,1-2H3,(H,15,16). The van der Waals surface area contributed by atoms with E-state index < -0.39 is 0 Å². The third-order valence-electron chi connectivity index (χ3n) is 3.33. The molecule has 1 aromatic carbocycles. The number of amides is 1. The van der Waals surface area contributed by atoms with Crippen LogP contribution in [-0.2, 0) is 6.42 Å². The lowest BCUT2D eigenvalue weighted by Gasteiger charge is -2.26. The Labute approximate surface area is 97.1 Å². The van der Waals surface area contributed by atoms with Crippen molar-refractivity contribution in [1.29, 1.82) is 0 Å². The number of hydrogen-bond acceptors (Lipinski definition) is 1. The summed E-state index contributed by atoms with van der Waals surface area (Å²) in [5, 5.41) is 3.09. The Morgan fingerprint density at radius 3 is 2.75 bits per heavy atom. The highest BCUT2D eigenvalue weighted by Gasteiger charge is 2.20. The fourth-order valence-electron chi connectivity index (χ4n) is 2.05. The summed E-state index contributed by atoms with van der Waals surface area (Å²) in [5.41, 5.74) is 3.22. The van der Waals surface area contributed by atoms with E-state index in [1.165, 1.54) is 12.0 Å². The molecule has 1 aromatic rings. The van der Waals surface area contributed by atoms with Gasteiger partial charge in [0.15, 0.2) is 0 Å². The first-order valence-corrected chi connectivity index (χ1v) is 6.11. The summed E-state index contributed by atoms with van der Waals surface area (Å²) in [7, 11) is 0. The molecule has 0 bridgehead atoms. The summed E-state index contributed by atoms with van der Waals surface area (Å²) in [4.78, 5) is 12.0. The number of benzene rings is 1. The Balaban J connectivity index is 2.14. The first-order valence-electron chi connectivity index (χ1n) is 6.11. The highest BCUT2D eigenvalue weighted by Crippen LogP contribution is 2.19. The van der Waals surface area contributed by atoms with Crippen LogP contribution in [0.15, 0.2) is 18.2 Å². The van der Waals surface area contributed by atoms with Gasteiger partial charge in [0.05, 0.1) is 0 Å². The zero-order chi connectivity index (χ0) is 11.5. The molecule has 0 aromatic heterocycles. The van der Waals surface area contributed by atoms with Crippen LogP contribution in [0.4, 0.5) is 0 Å². The van der Waals surface area contributed by atoms with E-state index in [0.717, 1.165) is 30.4 Å². The van der Waals surface area contributed by atoms with Gasteiger partial charge in [-0.2, -0.15) is 0 Å². The summed E-state index contributed by atoms with van der Waals surface area (Å²) in [6.07, 6.45) is 4.44. The van der Waals surface area contributed by atoms with Gasteiger partial charge in [-0.25, -0.2) is 0 Å². The molecule has 1 aliphatic rings. The molecular formula is C14H19NO. The largest absolute Gasteiger partial charge is 0.349 e. The van der Waals surface area contributed by atoms with Gasteiger partial charge in [-0.05, 0) is 44.2 Å². The molecule has 1 amide bonds. The van der Waals surface area contributed by atoms with E-state index in [1.54, 1.807) is 0 Å². The van der Waals surface area contributed by atoms with Gasteiger partial charge in [-0.15, -0.1) is 0 Å². The topological polar surface area (TPSA) is 29.1 Å². The van der Waals surface area contributed by atoms with Crippen molar-refractivity contribution in [3.63, 3.8) is 0 Å². The van der Waals surface area contributed by atoms with Gasteiger partial charge in [0.1, 0.15) is 0 Å². The molecule has 1 aliphatic carbocycles. The lowest BCUT2D eigenvalue weighted by atomic mass is 9.92. The smallest absolute Gasteiger partial charge is 0.251 e. The molecule has 1 fully saturated rings. The van der Waals surface area contributed by atoms with E-state index in [-0.39, 0.29) is 5.91 Å². The molecule has 2 nitrogen and oxygen atoms in total. The van der Waals surface area contributed by atoms with E-state index in [1.807, 2.05) is 12.1 Å². The average molecular weight is 217 g/mol. The Morgan fingerprint density at radius 1 is 1.44 bits per heavy atom. The minimum absolute atomic E-state index is 0.0987. The maximum Gasteiger partial charge on any atom is 0.251 e. The first kappa shape index (κ1) is 11.2. The summed E-state index contributed by atoms with van der Waals surface area (Å²) in [5.74, 6) is 0.0987. The molecule has 1 saturated carbocycles. The molecule has 0 aliphatic heterocycles. The number of hydrogen-bond donors (Lipinski definition) is 1. The predicted octanol–water partition coefficient (Wildman–Crippen LogP) is 2.84. The molecule has 86 valence electrons. The molecule has 0 spiro atoms. The molecular weight excluding hydrogens is 198 g/mol. The first-order chi connectivity index (χ1) is 7.70. The Hall–Kier alpha value is -1.31. The molecule has 0 atom stereocenters. The number of nitrogens with one attached hydrogen (secondary N) is 1. The van der Waals surface area contributed by atoms with E-state index in [4.69, 9.17) is 0 Å². The van der Waals surface area contributed by atoms with Gasteiger partial charge in [-0.3, -0.25) is 4.79 Å². The van der Waals surface area contributed by atoms with Crippen LogP contribution in [0.25, 0.3) is 0 Å². The quantitative estimate of drug-likeness (QED) is 0.828. The fraction of sp³-hybridized carbons (Fsp3) is 0.500. The SMILES string of the molecule is CCc1cc(C)ccc1C(=O)NC1CCC1. The summed E-state index contributed by atoms with van der Waals surface area (Å²) in [6, 6.07) is 6.48. The van der Waals surface area contributed by atoms with Crippen LogP contribution >= 0.6 is 0 Å². The Kier molecular flexibility index (Phi) is 3.28. The van der Waals surface area contributed by atoms with Crippen LogP contribution in [0.5, 0.6) is 0 Å². The lowest BCUT2D eigenvalue weighted by molar-refractivity contribution is 0.0916. The predicted molar refractivity (Wildman–Crippen MR) is 65.7 cm³/mol. The van der Waals surface area contributed by atoms with Crippen molar-refractivity contribution < 1.29 is 4.79 Å². The van der Waals surface area contributed by atoms with Gasteiger partial charge < -0.3 is 5.32 Å². The molecule has 0 saturated heterocycles. The molecule has 2 heteroatoms. The van der Waals surface area contributed by atoms with Crippen LogP contribution in [0.3, 0.4) is 0 Å². The second-order valence-corrected chi connectivity index (χ2v) is 4.62. The van der Waals surface area contributed by atoms with Gasteiger partial charge in [0, 0.05) is 11.6 Å². The maximum absolute atomic E-state index is 12.0. The highest BCUT2D eigenvalue weighted by molar-refractivity contribution is 5.96. The number of carbonyl (C=O) groups excluding carboxylic acids is 1. The van der Waals surface area contributed by atoms with Gasteiger partial charge in [-0.1, -0.05) is 24.6 Å². The lowest BCUT2D eigenvalue weighted by Crippen LogP contribution is -2.39. The van der Waals surface area contributed by atoms with Crippen LogP contribution in [0, 0.1) is 6.92 Å². The van der Waals surface area contributed by atoms with Crippen molar-refractivity contribution >= 4 is 5.91 Å². The molecule has 16 heavy (non-hydrogen) atoms. The third-order valence-corrected chi connectivity index (χ3v) is 3.33. The van der Waals surface area contributed by atoms with Crippen molar-refractivity contribution in [3.8, 4) is 0 Å². The van der Waals surface area contributed by atoms with E-state index in [9.17, 15) is 4.79 Å². The van der Waals surface area contributed by atoms with Crippen LogP contribution in [-0.4, -0.2) is 11.9 Å². The minimum Gasteiger partial charge on any atom is -0.349 e. The fourth-order valence-corrected chi connectivity index (χ4v) is 2.05. The van der Waals surface area contributed by atoms with Crippen molar-refractivity contribution in [2.45, 2.75) is 45.6 Å². The maximum atomic E-state index is 12.0. The molecule has 0 heterocycles. The number of carbonyl (C=O) groups is 1. The number of aryl methyl sites for hydroxylation is 2. The minimum atomic E-state index is 0.0987. The van der Waals surface area contributed by atoms with Crippen LogP contribution < -0.4 is 5.32 Å². The second kappa shape index (κ2) is 4.69. The van der Waals surface area contributed by atoms with E-state index in [2.05, 4.69) is 25.2 Å². The van der Waals surface area contributed by atoms with Crippen molar-refractivity contribution in [2.75, 3.05) is 0 Å². The molecule has 2 rings (SSSR count). The monoisotopic (exact) mass is 217 g/mol. The Bertz CT molecular complexity index is 394. The average Bonchev–Trinajstić information content (AvgIpc) is 2.23. The van der Waals surface area contributed by atoms with E-state index in [0.29, 0.717) is 6.04 Å². The normalized spacial score (nSPS) is 15.6. The Morgan fingerprint density at radius 2 is 2.19 bits per heavy atom. The summed E-state index contributed by atoms with van der Waals surface area (Å²) >= 11 is 0. The number of rotatable bonds is 3. The van der Waals surface area contributed by atoms with Crippen molar-refractivity contribution in [2.24, 2.45) is 0 Å². The third kappa shape index (κ3) is 2.26. The summed E-state index contributed by atoms with van der Waals surface area (Å²) in [6.45, 7) is 4.15. The molecule has 1 N–H and O–H groups in total. The molecule has 0 radical (unpaired) electrons. The van der Waals surface area contributed by atoms with Crippen LogP contribution in [0.2, 0.25) is 0 Å². The zero-order valence-electron chi connectivity index (χ0n) is 10.0. The summed E-state index contributed by atoms with van der Waals surface area (Å²) < 4.78 is 0. The zero-order valence-corrected chi connectivity index (χ0v) is 10.0. The highest BCUT2D eigenvalue weighted by atomic mass is 16.1. The van der Waals surface area contributed by atoms with Gasteiger partial charge in [0.25, 0.3) is 5.91 Å². The van der Waals surface area contributed by atoms with Gasteiger partial charge in [0.2, 0.25) is 0 Å². The van der Waals surface area contributed by atoms with Gasteiger partial charge >= 0.3 is 0 Å². The van der Waals surface area contributed by atoms with Crippen molar-refractivity contribution in [1.82, 2.24) is 5.32 Å². The molecule has 0 unspecified atom stereocenters. The second-order valence-electron chi connectivity index (χ2n) is 4.62.